The van der Waals surface area contributed by atoms with Gasteiger partial charge in [0.1, 0.15) is 12.4 Å². The lowest BCUT2D eigenvalue weighted by Crippen LogP contribution is -2.01. The largest absolute Gasteiger partial charge is 0.487 e. The number of rotatable bonds is 3. The van der Waals surface area contributed by atoms with E-state index in [1.54, 1.807) is 17.4 Å². The predicted molar refractivity (Wildman–Crippen MR) is 92.1 cm³/mol. The van der Waals surface area contributed by atoms with Crippen LogP contribution in [0.5, 0.6) is 5.75 Å². The van der Waals surface area contributed by atoms with E-state index >= 15 is 0 Å². The van der Waals surface area contributed by atoms with Crippen LogP contribution in [-0.4, -0.2) is 11.6 Å². The molecule has 2 heterocycles. The van der Waals surface area contributed by atoms with Crippen molar-refractivity contribution < 1.29 is 9.53 Å². The minimum absolute atomic E-state index is 0.189. The molecule has 3 aromatic rings. The van der Waals surface area contributed by atoms with E-state index in [4.69, 9.17) is 4.74 Å². The van der Waals surface area contributed by atoms with Crippen LogP contribution >= 0.6 is 11.3 Å². The second-order valence-corrected chi connectivity index (χ2v) is 6.60. The second-order valence-electron chi connectivity index (χ2n) is 5.57. The molecular weight excluding hydrogens is 306 g/mol. The Balaban J connectivity index is 1.69. The van der Waals surface area contributed by atoms with Gasteiger partial charge in [-0.05, 0) is 28.5 Å². The molecule has 0 radical (unpaired) electrons. The van der Waals surface area contributed by atoms with Crippen molar-refractivity contribution in [2.75, 3.05) is 0 Å². The molecule has 5 rings (SSSR count). The molecule has 0 saturated carbocycles. The predicted octanol–water partition coefficient (Wildman–Crippen LogP) is 4.21. The van der Waals surface area contributed by atoms with E-state index in [-0.39, 0.29) is 5.91 Å². The van der Waals surface area contributed by atoms with Gasteiger partial charge in [0.2, 0.25) is 0 Å². The highest BCUT2D eigenvalue weighted by Crippen LogP contribution is 2.44. The third-order valence-electron chi connectivity index (χ3n) is 4.23. The zero-order valence-corrected chi connectivity index (χ0v) is 12.9. The van der Waals surface area contributed by atoms with Crippen LogP contribution in [0.25, 0.3) is 16.3 Å². The number of thiophene rings is 1. The van der Waals surface area contributed by atoms with Gasteiger partial charge < -0.3 is 4.74 Å². The van der Waals surface area contributed by atoms with Gasteiger partial charge in [-0.25, -0.2) is 4.99 Å². The van der Waals surface area contributed by atoms with Gasteiger partial charge in [-0.3, -0.25) is 4.79 Å². The van der Waals surface area contributed by atoms with Gasteiger partial charge in [0, 0.05) is 21.9 Å². The number of hydrogen-bond donors (Lipinski definition) is 0. The number of carbonyl (C=O) groups excluding carboxylic acids is 1. The third kappa shape index (κ3) is 1.82. The molecule has 2 aromatic carbocycles. The number of hydrogen-bond acceptors (Lipinski definition) is 3. The van der Waals surface area contributed by atoms with Crippen LogP contribution in [0.2, 0.25) is 0 Å². The van der Waals surface area contributed by atoms with Crippen molar-refractivity contribution >= 4 is 39.3 Å². The average molecular weight is 317 g/mol. The SMILES string of the molecule is O=C1C=C2C(=N1)c1c(OCc3cccs3)ccc3cccc2c13. The Hall–Kier alpha value is -2.72. The number of aliphatic imine (C=N–C) groups is 1. The number of benzene rings is 2. The summed E-state index contributed by atoms with van der Waals surface area (Å²) < 4.78 is 6.05. The Bertz CT molecular complexity index is 1030. The molecule has 1 aliphatic heterocycles. The summed E-state index contributed by atoms with van der Waals surface area (Å²) in [5.74, 6) is 0.598. The van der Waals surface area contributed by atoms with Gasteiger partial charge in [0.15, 0.2) is 0 Å². The minimum Gasteiger partial charge on any atom is -0.487 e. The summed E-state index contributed by atoms with van der Waals surface area (Å²) in [5.41, 5.74) is 3.70. The maximum Gasteiger partial charge on any atom is 0.270 e. The van der Waals surface area contributed by atoms with Crippen molar-refractivity contribution in [1.82, 2.24) is 0 Å². The molecule has 1 aliphatic carbocycles. The first-order valence-electron chi connectivity index (χ1n) is 7.37. The van der Waals surface area contributed by atoms with E-state index in [0.717, 1.165) is 38.9 Å². The first-order valence-corrected chi connectivity index (χ1v) is 8.25. The van der Waals surface area contributed by atoms with E-state index in [0.29, 0.717) is 6.61 Å². The first-order chi connectivity index (χ1) is 11.3. The van der Waals surface area contributed by atoms with E-state index in [9.17, 15) is 4.79 Å². The van der Waals surface area contributed by atoms with E-state index < -0.39 is 0 Å². The summed E-state index contributed by atoms with van der Waals surface area (Å²) in [6.45, 7) is 0.526. The molecule has 1 aromatic heterocycles. The van der Waals surface area contributed by atoms with Gasteiger partial charge in [0.25, 0.3) is 5.91 Å². The van der Waals surface area contributed by atoms with Crippen molar-refractivity contribution in [2.45, 2.75) is 6.61 Å². The molecule has 0 N–H and O–H groups in total. The number of ether oxygens (including phenoxy) is 1. The lowest BCUT2D eigenvalue weighted by atomic mass is 10.0. The Morgan fingerprint density at radius 2 is 2.04 bits per heavy atom. The summed E-state index contributed by atoms with van der Waals surface area (Å²) in [6.07, 6.45) is 1.62. The van der Waals surface area contributed by atoms with Crippen molar-refractivity contribution in [3.05, 3.63) is 69.9 Å². The Morgan fingerprint density at radius 1 is 1.09 bits per heavy atom. The number of carbonyl (C=O) groups is 1. The van der Waals surface area contributed by atoms with Crippen LogP contribution in [0.4, 0.5) is 0 Å². The average Bonchev–Trinajstić information content (AvgIpc) is 3.25. The van der Waals surface area contributed by atoms with Crippen LogP contribution in [0.1, 0.15) is 16.0 Å². The number of fused-ring (bicyclic) bond motifs is 3. The smallest absolute Gasteiger partial charge is 0.270 e. The summed E-state index contributed by atoms with van der Waals surface area (Å²) in [6, 6.07) is 14.2. The molecule has 1 amide bonds. The maximum atomic E-state index is 11.7. The molecular formula is C19H11NO2S. The quantitative estimate of drug-likeness (QED) is 0.726. The van der Waals surface area contributed by atoms with E-state index in [1.807, 2.05) is 29.6 Å². The topological polar surface area (TPSA) is 38.7 Å². The molecule has 3 nitrogen and oxygen atoms in total. The lowest BCUT2D eigenvalue weighted by molar-refractivity contribution is -0.113. The molecule has 0 saturated heterocycles. The fourth-order valence-corrected chi connectivity index (χ4v) is 3.89. The van der Waals surface area contributed by atoms with E-state index in [2.05, 4.69) is 23.2 Å². The van der Waals surface area contributed by atoms with Gasteiger partial charge >= 0.3 is 0 Å². The van der Waals surface area contributed by atoms with Crippen LogP contribution in [0, 0.1) is 0 Å². The number of nitrogens with zero attached hydrogens (tertiary/aromatic N) is 1. The van der Waals surface area contributed by atoms with Gasteiger partial charge in [0.05, 0.1) is 11.3 Å². The van der Waals surface area contributed by atoms with Crippen molar-refractivity contribution in [2.24, 2.45) is 4.99 Å². The maximum absolute atomic E-state index is 11.7. The highest BCUT2D eigenvalue weighted by Gasteiger charge is 2.32. The molecule has 0 atom stereocenters. The number of allylic oxidation sites excluding steroid dienone is 1. The van der Waals surface area contributed by atoms with Crippen LogP contribution in [0.15, 0.2) is 58.9 Å². The summed E-state index contributed by atoms with van der Waals surface area (Å²) >= 11 is 1.67. The summed E-state index contributed by atoms with van der Waals surface area (Å²) in [5, 5.41) is 4.32. The monoisotopic (exact) mass is 317 g/mol. The molecule has 0 bridgehead atoms. The molecule has 23 heavy (non-hydrogen) atoms. The molecule has 0 unspecified atom stereocenters. The summed E-state index contributed by atoms with van der Waals surface area (Å²) in [4.78, 5) is 17.1. The van der Waals surface area contributed by atoms with Crippen molar-refractivity contribution in [1.29, 1.82) is 0 Å². The molecule has 110 valence electrons. The molecule has 0 spiro atoms. The second kappa shape index (κ2) is 4.64. The standard InChI is InChI=1S/C19H11NO2S/c21-16-9-14-13-5-1-3-11-6-7-15(18(17(11)13)19(14)20-16)22-10-12-4-2-8-23-12/h1-9H,10H2. The highest BCUT2D eigenvalue weighted by atomic mass is 32.1. The summed E-state index contributed by atoms with van der Waals surface area (Å²) in [7, 11) is 0. The zero-order valence-electron chi connectivity index (χ0n) is 12.1. The van der Waals surface area contributed by atoms with Crippen molar-refractivity contribution in [3.63, 3.8) is 0 Å². The van der Waals surface area contributed by atoms with E-state index in [1.165, 1.54) is 4.88 Å². The molecule has 4 heteroatoms. The lowest BCUT2D eigenvalue weighted by Gasteiger charge is -2.10. The van der Waals surface area contributed by atoms with Crippen LogP contribution < -0.4 is 4.74 Å². The third-order valence-corrected chi connectivity index (χ3v) is 5.08. The Labute approximate surface area is 136 Å². The van der Waals surface area contributed by atoms with Gasteiger partial charge in [-0.2, -0.15) is 0 Å². The normalized spacial score (nSPS) is 14.9. The zero-order chi connectivity index (χ0) is 15.4. The Morgan fingerprint density at radius 3 is 2.91 bits per heavy atom. The fraction of sp³-hybridized carbons (Fsp3) is 0.0526. The van der Waals surface area contributed by atoms with Crippen molar-refractivity contribution in [3.8, 4) is 5.75 Å². The highest BCUT2D eigenvalue weighted by molar-refractivity contribution is 7.09. The fourth-order valence-electron chi connectivity index (χ4n) is 3.27. The van der Waals surface area contributed by atoms with Gasteiger partial charge in [-0.1, -0.05) is 30.3 Å². The molecule has 0 fully saturated rings. The first kappa shape index (κ1) is 12.8. The molecule has 2 aliphatic rings. The Kier molecular flexibility index (Phi) is 2.58. The van der Waals surface area contributed by atoms with Crippen LogP contribution in [-0.2, 0) is 11.4 Å². The van der Waals surface area contributed by atoms with Gasteiger partial charge in [-0.15, -0.1) is 11.3 Å². The minimum atomic E-state index is -0.189. The number of amides is 1. The van der Waals surface area contributed by atoms with Crippen LogP contribution in [0.3, 0.4) is 0 Å².